The molecule has 0 heterocycles. The Kier molecular flexibility index (Phi) is 9.13. The zero-order chi connectivity index (χ0) is 14.6. The summed E-state index contributed by atoms with van der Waals surface area (Å²) in [5, 5.41) is 1.08. The van der Waals surface area contributed by atoms with Gasteiger partial charge < -0.3 is 9.47 Å². The highest BCUT2D eigenvalue weighted by Crippen LogP contribution is 2.19. The van der Waals surface area contributed by atoms with E-state index in [1.807, 2.05) is 24.3 Å². The summed E-state index contributed by atoms with van der Waals surface area (Å²) in [6.07, 6.45) is 5.42. The SMILES string of the molecule is CC(=O)OCCc1ccccc1OCCCCCCBr. The number of carbonyl (C=O) groups excluding carboxylic acids is 1. The molecule has 1 aromatic carbocycles. The summed E-state index contributed by atoms with van der Waals surface area (Å²) >= 11 is 3.43. The fourth-order valence-electron chi connectivity index (χ4n) is 1.89. The van der Waals surface area contributed by atoms with Crippen molar-refractivity contribution >= 4 is 21.9 Å². The topological polar surface area (TPSA) is 35.5 Å². The molecule has 0 aliphatic rings. The first-order valence-corrected chi connectivity index (χ1v) is 8.26. The average molecular weight is 343 g/mol. The number of halogens is 1. The van der Waals surface area contributed by atoms with Crippen LogP contribution in [0.4, 0.5) is 0 Å². The Morgan fingerprint density at radius 3 is 2.60 bits per heavy atom. The van der Waals surface area contributed by atoms with Gasteiger partial charge in [0.2, 0.25) is 0 Å². The first-order chi connectivity index (χ1) is 9.74. The zero-order valence-electron chi connectivity index (χ0n) is 12.1. The first kappa shape index (κ1) is 17.0. The maximum absolute atomic E-state index is 10.8. The van der Waals surface area contributed by atoms with Crippen molar-refractivity contribution < 1.29 is 14.3 Å². The molecule has 1 rings (SSSR count). The molecule has 0 amide bonds. The molecule has 0 aliphatic heterocycles. The van der Waals surface area contributed by atoms with Gasteiger partial charge in [-0.15, -0.1) is 0 Å². The van der Waals surface area contributed by atoms with Gasteiger partial charge in [-0.05, 0) is 24.5 Å². The van der Waals surface area contributed by atoms with Crippen LogP contribution in [0.15, 0.2) is 24.3 Å². The quantitative estimate of drug-likeness (QED) is 0.364. The summed E-state index contributed by atoms with van der Waals surface area (Å²) in [5.41, 5.74) is 1.09. The third-order valence-corrected chi connectivity index (χ3v) is 3.50. The van der Waals surface area contributed by atoms with Gasteiger partial charge in [0.1, 0.15) is 5.75 Å². The Morgan fingerprint density at radius 2 is 1.85 bits per heavy atom. The van der Waals surface area contributed by atoms with E-state index >= 15 is 0 Å². The van der Waals surface area contributed by atoms with Gasteiger partial charge in [0.25, 0.3) is 0 Å². The number of benzene rings is 1. The minimum absolute atomic E-state index is 0.241. The van der Waals surface area contributed by atoms with Gasteiger partial charge in [-0.2, -0.15) is 0 Å². The number of unbranched alkanes of at least 4 members (excludes halogenated alkanes) is 3. The molecule has 0 aliphatic carbocycles. The van der Waals surface area contributed by atoms with E-state index in [1.165, 1.54) is 26.2 Å². The van der Waals surface area contributed by atoms with Crippen molar-refractivity contribution in [2.45, 2.75) is 39.0 Å². The van der Waals surface area contributed by atoms with Gasteiger partial charge in [0, 0.05) is 18.7 Å². The van der Waals surface area contributed by atoms with E-state index < -0.39 is 0 Å². The van der Waals surface area contributed by atoms with Crippen molar-refractivity contribution in [1.29, 1.82) is 0 Å². The lowest BCUT2D eigenvalue weighted by molar-refractivity contribution is -0.140. The number of para-hydroxylation sites is 1. The smallest absolute Gasteiger partial charge is 0.302 e. The Morgan fingerprint density at radius 1 is 1.10 bits per heavy atom. The molecule has 0 aromatic heterocycles. The molecule has 1 aromatic rings. The molecule has 0 fully saturated rings. The van der Waals surface area contributed by atoms with Gasteiger partial charge in [-0.3, -0.25) is 4.79 Å². The van der Waals surface area contributed by atoms with Gasteiger partial charge in [0.05, 0.1) is 13.2 Å². The fourth-order valence-corrected chi connectivity index (χ4v) is 2.28. The monoisotopic (exact) mass is 342 g/mol. The third kappa shape index (κ3) is 7.53. The maximum Gasteiger partial charge on any atom is 0.302 e. The summed E-state index contributed by atoms with van der Waals surface area (Å²) in [5.74, 6) is 0.662. The Bertz CT molecular complexity index is 393. The lowest BCUT2D eigenvalue weighted by atomic mass is 10.1. The molecule has 0 radical (unpaired) electrons. The molecular weight excluding hydrogens is 320 g/mol. The van der Waals surface area contributed by atoms with E-state index in [-0.39, 0.29) is 5.97 Å². The molecule has 0 saturated carbocycles. The van der Waals surface area contributed by atoms with Crippen molar-refractivity contribution in [2.75, 3.05) is 18.5 Å². The van der Waals surface area contributed by atoms with Crippen LogP contribution in [0.5, 0.6) is 5.75 Å². The van der Waals surface area contributed by atoms with Crippen molar-refractivity contribution in [3.8, 4) is 5.75 Å². The van der Waals surface area contributed by atoms with Crippen molar-refractivity contribution in [2.24, 2.45) is 0 Å². The van der Waals surface area contributed by atoms with Crippen LogP contribution in [0.3, 0.4) is 0 Å². The Balaban J connectivity index is 2.31. The van der Waals surface area contributed by atoms with Gasteiger partial charge in [-0.1, -0.05) is 47.0 Å². The second kappa shape index (κ2) is 10.7. The predicted molar refractivity (Wildman–Crippen MR) is 84.5 cm³/mol. The van der Waals surface area contributed by atoms with Crippen LogP contribution in [-0.2, 0) is 16.0 Å². The predicted octanol–water partition coefficient (Wildman–Crippen LogP) is 4.13. The number of rotatable bonds is 10. The largest absolute Gasteiger partial charge is 0.493 e. The van der Waals surface area contributed by atoms with Crippen LogP contribution in [0.2, 0.25) is 0 Å². The number of hydrogen-bond acceptors (Lipinski definition) is 3. The van der Waals surface area contributed by atoms with E-state index in [2.05, 4.69) is 15.9 Å². The third-order valence-electron chi connectivity index (χ3n) is 2.93. The summed E-state index contributed by atoms with van der Waals surface area (Å²) in [6, 6.07) is 7.94. The van der Waals surface area contributed by atoms with E-state index in [9.17, 15) is 4.79 Å². The molecular formula is C16H23BrO3. The lowest BCUT2D eigenvalue weighted by Crippen LogP contribution is -2.05. The van der Waals surface area contributed by atoms with Crippen LogP contribution in [0.1, 0.15) is 38.2 Å². The minimum atomic E-state index is -0.241. The van der Waals surface area contributed by atoms with Gasteiger partial charge in [0.15, 0.2) is 0 Å². The number of carbonyl (C=O) groups is 1. The Labute approximate surface area is 129 Å². The highest BCUT2D eigenvalue weighted by atomic mass is 79.9. The maximum atomic E-state index is 10.8. The molecule has 20 heavy (non-hydrogen) atoms. The van der Waals surface area contributed by atoms with Gasteiger partial charge >= 0.3 is 5.97 Å². The minimum Gasteiger partial charge on any atom is -0.493 e. The van der Waals surface area contributed by atoms with Crippen molar-refractivity contribution in [1.82, 2.24) is 0 Å². The van der Waals surface area contributed by atoms with Gasteiger partial charge in [-0.25, -0.2) is 0 Å². The molecule has 3 nitrogen and oxygen atoms in total. The van der Waals surface area contributed by atoms with Crippen LogP contribution in [0, 0.1) is 0 Å². The molecule has 0 spiro atoms. The van der Waals surface area contributed by atoms with E-state index in [1.54, 1.807) is 0 Å². The summed E-state index contributed by atoms with van der Waals surface area (Å²) in [4.78, 5) is 10.8. The molecule has 0 saturated heterocycles. The lowest BCUT2D eigenvalue weighted by Gasteiger charge is -2.11. The standard InChI is InChI=1S/C16H23BrO3/c1-14(18)19-13-10-15-8-4-5-9-16(15)20-12-7-3-2-6-11-17/h4-5,8-9H,2-3,6-7,10-13H2,1H3. The Hall–Kier alpha value is -1.03. The molecule has 0 atom stereocenters. The van der Waals surface area contributed by atoms with E-state index in [4.69, 9.17) is 9.47 Å². The fraction of sp³-hybridized carbons (Fsp3) is 0.562. The van der Waals surface area contributed by atoms with E-state index in [0.29, 0.717) is 13.0 Å². The van der Waals surface area contributed by atoms with Crippen LogP contribution in [-0.4, -0.2) is 24.5 Å². The van der Waals surface area contributed by atoms with Crippen LogP contribution >= 0.6 is 15.9 Å². The highest BCUT2D eigenvalue weighted by Gasteiger charge is 2.04. The highest BCUT2D eigenvalue weighted by molar-refractivity contribution is 9.09. The molecule has 0 N–H and O–H groups in total. The second-order valence-corrected chi connectivity index (χ2v) is 5.44. The van der Waals surface area contributed by atoms with Crippen molar-refractivity contribution in [3.05, 3.63) is 29.8 Å². The zero-order valence-corrected chi connectivity index (χ0v) is 13.7. The molecule has 0 unspecified atom stereocenters. The summed E-state index contributed by atoms with van der Waals surface area (Å²) in [7, 11) is 0. The normalized spacial score (nSPS) is 10.3. The number of esters is 1. The van der Waals surface area contributed by atoms with E-state index in [0.717, 1.165) is 29.7 Å². The summed E-state index contributed by atoms with van der Waals surface area (Å²) in [6.45, 7) is 2.57. The summed E-state index contributed by atoms with van der Waals surface area (Å²) < 4.78 is 10.8. The van der Waals surface area contributed by atoms with Crippen molar-refractivity contribution in [3.63, 3.8) is 0 Å². The first-order valence-electron chi connectivity index (χ1n) is 7.14. The molecule has 0 bridgehead atoms. The van der Waals surface area contributed by atoms with Crippen LogP contribution < -0.4 is 4.74 Å². The molecule has 112 valence electrons. The number of hydrogen-bond donors (Lipinski definition) is 0. The number of alkyl halides is 1. The van der Waals surface area contributed by atoms with Crippen LogP contribution in [0.25, 0.3) is 0 Å². The molecule has 4 heteroatoms. The second-order valence-electron chi connectivity index (χ2n) is 4.65. The number of ether oxygens (including phenoxy) is 2. The average Bonchev–Trinajstić information content (AvgIpc) is 2.44.